The molecule has 2 heterocycles. The maximum atomic E-state index is 14.6. The number of piperazine rings is 1. The standard InChI is InChI=1S/C21H21ClFN3O3/c1-29-16-9-17(23)20(24-10-16)26-12-18(27)25(11-13-5-7-15(22)8-6-13)19(21(26)28)14-3-2-4-14/h5-10,14,19H,2-4,11-12H2,1H3. The van der Waals surface area contributed by atoms with E-state index in [0.29, 0.717) is 11.6 Å². The van der Waals surface area contributed by atoms with Crippen molar-refractivity contribution in [2.75, 3.05) is 18.6 Å². The van der Waals surface area contributed by atoms with Gasteiger partial charge in [-0.15, -0.1) is 0 Å². The average Bonchev–Trinajstić information content (AvgIpc) is 2.67. The second-order valence-electron chi connectivity index (χ2n) is 7.39. The molecule has 0 bridgehead atoms. The van der Waals surface area contributed by atoms with Gasteiger partial charge in [-0.25, -0.2) is 9.37 Å². The second kappa shape index (κ2) is 7.99. The van der Waals surface area contributed by atoms with E-state index >= 15 is 0 Å². The van der Waals surface area contributed by atoms with Crippen LogP contribution in [0.15, 0.2) is 36.5 Å². The summed E-state index contributed by atoms with van der Waals surface area (Å²) in [7, 11) is 1.41. The number of anilines is 1. The van der Waals surface area contributed by atoms with E-state index in [1.807, 2.05) is 12.1 Å². The summed E-state index contributed by atoms with van der Waals surface area (Å²) in [6, 6.07) is 7.75. The molecule has 2 aliphatic rings. The number of halogens is 2. The van der Waals surface area contributed by atoms with Gasteiger partial charge in [0.05, 0.1) is 13.3 Å². The Morgan fingerprint density at radius 2 is 1.97 bits per heavy atom. The van der Waals surface area contributed by atoms with Crippen LogP contribution in [0.3, 0.4) is 0 Å². The fourth-order valence-electron chi connectivity index (χ4n) is 3.84. The van der Waals surface area contributed by atoms with Crippen LogP contribution in [0.1, 0.15) is 24.8 Å². The van der Waals surface area contributed by atoms with Gasteiger partial charge < -0.3 is 9.64 Å². The zero-order valence-electron chi connectivity index (χ0n) is 16.0. The predicted molar refractivity (Wildman–Crippen MR) is 106 cm³/mol. The van der Waals surface area contributed by atoms with Crippen LogP contribution in [0.4, 0.5) is 10.2 Å². The molecule has 1 aliphatic heterocycles. The number of hydrogen-bond donors (Lipinski definition) is 0. The zero-order valence-corrected chi connectivity index (χ0v) is 16.7. The minimum absolute atomic E-state index is 0.0721. The number of rotatable bonds is 5. The van der Waals surface area contributed by atoms with Crippen molar-refractivity contribution in [2.45, 2.75) is 31.8 Å². The largest absolute Gasteiger partial charge is 0.495 e. The summed E-state index contributed by atoms with van der Waals surface area (Å²) in [5.41, 5.74) is 0.891. The number of benzene rings is 1. The maximum absolute atomic E-state index is 14.6. The first-order valence-corrected chi connectivity index (χ1v) is 9.90. The van der Waals surface area contributed by atoms with Gasteiger partial charge in [-0.3, -0.25) is 14.5 Å². The minimum atomic E-state index is -0.691. The lowest BCUT2D eigenvalue weighted by Crippen LogP contribution is -2.63. The van der Waals surface area contributed by atoms with Gasteiger partial charge in [0.15, 0.2) is 11.6 Å². The number of nitrogens with zero attached hydrogens (tertiary/aromatic N) is 3. The molecule has 29 heavy (non-hydrogen) atoms. The van der Waals surface area contributed by atoms with E-state index in [9.17, 15) is 14.0 Å². The van der Waals surface area contributed by atoms with Gasteiger partial charge >= 0.3 is 0 Å². The Bertz CT molecular complexity index is 933. The zero-order chi connectivity index (χ0) is 20.5. The van der Waals surface area contributed by atoms with Gasteiger partial charge in [0.25, 0.3) is 5.91 Å². The van der Waals surface area contributed by atoms with Crippen molar-refractivity contribution in [3.63, 3.8) is 0 Å². The Morgan fingerprint density at radius 1 is 1.24 bits per heavy atom. The van der Waals surface area contributed by atoms with E-state index in [1.54, 1.807) is 17.0 Å². The summed E-state index contributed by atoms with van der Waals surface area (Å²) >= 11 is 5.95. The normalized spacial score (nSPS) is 20.0. The number of methoxy groups -OCH3 is 1. The number of hydrogen-bond acceptors (Lipinski definition) is 4. The summed E-state index contributed by atoms with van der Waals surface area (Å²) in [5, 5.41) is 0.609. The average molecular weight is 418 g/mol. The number of carbonyl (C=O) groups is 2. The van der Waals surface area contributed by atoms with Crippen molar-refractivity contribution >= 4 is 29.2 Å². The molecule has 2 amide bonds. The molecular weight excluding hydrogens is 397 g/mol. The molecule has 1 atom stereocenters. The van der Waals surface area contributed by atoms with Gasteiger partial charge in [0.2, 0.25) is 5.91 Å². The van der Waals surface area contributed by atoms with Crippen LogP contribution >= 0.6 is 11.6 Å². The molecule has 1 saturated heterocycles. The first kappa shape index (κ1) is 19.6. The fourth-order valence-corrected chi connectivity index (χ4v) is 3.97. The summed E-state index contributed by atoms with van der Waals surface area (Å²) in [4.78, 5) is 33.2. The van der Waals surface area contributed by atoms with Gasteiger partial charge in [0, 0.05) is 17.6 Å². The Labute approximate surface area is 173 Å². The van der Waals surface area contributed by atoms with Gasteiger partial charge in [-0.1, -0.05) is 30.2 Å². The first-order chi connectivity index (χ1) is 14.0. The molecule has 6 nitrogen and oxygen atoms in total. The molecule has 1 saturated carbocycles. The topological polar surface area (TPSA) is 62.7 Å². The monoisotopic (exact) mass is 417 g/mol. The second-order valence-corrected chi connectivity index (χ2v) is 7.83. The molecule has 1 aliphatic carbocycles. The van der Waals surface area contributed by atoms with Crippen molar-refractivity contribution in [2.24, 2.45) is 5.92 Å². The maximum Gasteiger partial charge on any atom is 0.251 e. The van der Waals surface area contributed by atoms with Crippen molar-refractivity contribution in [3.05, 3.63) is 52.9 Å². The summed E-state index contributed by atoms with van der Waals surface area (Å²) in [5.74, 6) is -1.03. The third-order valence-electron chi connectivity index (χ3n) is 5.62. The molecule has 0 spiro atoms. The van der Waals surface area contributed by atoms with Gasteiger partial charge in [-0.05, 0) is 36.5 Å². The molecule has 8 heteroatoms. The third kappa shape index (κ3) is 3.79. The quantitative estimate of drug-likeness (QED) is 0.747. The number of aromatic nitrogens is 1. The SMILES string of the molecule is COc1cnc(N2CC(=O)N(Cc3ccc(Cl)cc3)C(C3CCC3)C2=O)c(F)c1. The van der Waals surface area contributed by atoms with Crippen molar-refractivity contribution < 1.29 is 18.7 Å². The van der Waals surface area contributed by atoms with Crippen LogP contribution in [-0.2, 0) is 16.1 Å². The Balaban J connectivity index is 1.64. The van der Waals surface area contributed by atoms with E-state index in [1.165, 1.54) is 24.3 Å². The number of amides is 2. The molecule has 2 aromatic rings. The summed E-state index contributed by atoms with van der Waals surface area (Å²) in [6.45, 7) is 0.0706. The first-order valence-electron chi connectivity index (χ1n) is 9.52. The van der Waals surface area contributed by atoms with Crippen molar-refractivity contribution in [1.82, 2.24) is 9.88 Å². The fraction of sp³-hybridized carbons (Fsp3) is 0.381. The van der Waals surface area contributed by atoms with E-state index in [-0.39, 0.29) is 35.8 Å². The number of pyridine rings is 1. The molecule has 0 N–H and O–H groups in total. The summed E-state index contributed by atoms with van der Waals surface area (Å²) < 4.78 is 19.5. The Hall–Kier alpha value is -2.67. The number of carbonyl (C=O) groups excluding carboxylic acids is 2. The lowest BCUT2D eigenvalue weighted by Gasteiger charge is -2.45. The van der Waals surface area contributed by atoms with Crippen molar-refractivity contribution in [1.29, 1.82) is 0 Å². The molecule has 1 aromatic heterocycles. The van der Waals surface area contributed by atoms with Gasteiger partial charge in [0.1, 0.15) is 18.3 Å². The van der Waals surface area contributed by atoms with E-state index in [4.69, 9.17) is 16.3 Å². The van der Waals surface area contributed by atoms with E-state index in [2.05, 4.69) is 4.98 Å². The van der Waals surface area contributed by atoms with E-state index < -0.39 is 11.9 Å². The van der Waals surface area contributed by atoms with E-state index in [0.717, 1.165) is 24.8 Å². The predicted octanol–water partition coefficient (Wildman–Crippen LogP) is 3.43. The van der Waals surface area contributed by atoms with Crippen LogP contribution in [0, 0.1) is 11.7 Å². The molecular formula is C21H21ClFN3O3. The third-order valence-corrected chi connectivity index (χ3v) is 5.87. The molecule has 2 fully saturated rings. The Kier molecular flexibility index (Phi) is 5.41. The lowest BCUT2D eigenvalue weighted by atomic mass is 9.77. The van der Waals surface area contributed by atoms with Crippen molar-refractivity contribution in [3.8, 4) is 5.75 Å². The van der Waals surface area contributed by atoms with Crippen LogP contribution in [0.5, 0.6) is 5.75 Å². The van der Waals surface area contributed by atoms with Crippen LogP contribution in [0.25, 0.3) is 0 Å². The molecule has 1 aromatic carbocycles. The highest BCUT2D eigenvalue weighted by molar-refractivity contribution is 6.30. The van der Waals surface area contributed by atoms with Gasteiger partial charge in [-0.2, -0.15) is 0 Å². The highest BCUT2D eigenvalue weighted by atomic mass is 35.5. The van der Waals surface area contributed by atoms with Crippen LogP contribution in [0.2, 0.25) is 5.02 Å². The Morgan fingerprint density at radius 3 is 2.55 bits per heavy atom. The molecule has 1 unspecified atom stereocenters. The molecule has 4 rings (SSSR count). The van der Waals surface area contributed by atoms with Crippen LogP contribution < -0.4 is 9.64 Å². The lowest BCUT2D eigenvalue weighted by molar-refractivity contribution is -0.147. The smallest absolute Gasteiger partial charge is 0.251 e. The molecule has 152 valence electrons. The number of ether oxygens (including phenoxy) is 1. The summed E-state index contributed by atoms with van der Waals surface area (Å²) in [6.07, 6.45) is 4.10. The molecule has 0 radical (unpaired) electrons. The minimum Gasteiger partial charge on any atom is -0.495 e. The highest BCUT2D eigenvalue weighted by Gasteiger charge is 2.46. The van der Waals surface area contributed by atoms with Crippen LogP contribution in [-0.4, -0.2) is 41.4 Å². The highest BCUT2D eigenvalue weighted by Crippen LogP contribution is 2.37.